The second-order valence-electron chi connectivity index (χ2n) is 4.05. The van der Waals surface area contributed by atoms with Crippen molar-refractivity contribution >= 4 is 23.7 Å². The number of ether oxygens (including phenoxy) is 2. The molecule has 1 aromatic heterocycles. The molecule has 116 valence electrons. The number of hydrogen-bond acceptors (Lipinski definition) is 7. The fraction of sp³-hybridized carbons (Fsp3) is 0.538. The quantitative estimate of drug-likeness (QED) is 0.330. The number of esters is 2. The molecule has 0 fully saturated rings. The van der Waals surface area contributed by atoms with Gasteiger partial charge in [0.15, 0.2) is 5.16 Å². The summed E-state index contributed by atoms with van der Waals surface area (Å²) in [6, 6.07) is 1.26. The van der Waals surface area contributed by atoms with Gasteiger partial charge >= 0.3 is 11.9 Å². The number of carbonyl (C=O) groups is 2. The normalized spacial score (nSPS) is 10.2. The molecule has 0 spiro atoms. The van der Waals surface area contributed by atoms with Crippen molar-refractivity contribution in [3.8, 4) is 0 Å². The van der Waals surface area contributed by atoms with Crippen LogP contribution < -0.4 is 5.56 Å². The zero-order chi connectivity index (χ0) is 15.7. The van der Waals surface area contributed by atoms with E-state index in [9.17, 15) is 14.4 Å². The highest BCUT2D eigenvalue weighted by Gasteiger charge is 2.08. The maximum atomic E-state index is 11.5. The molecular formula is C13H18N2O5S. The number of thioether (sulfide) groups is 1. The number of aromatic amines is 1. The van der Waals surface area contributed by atoms with Gasteiger partial charge in [-0.3, -0.25) is 14.4 Å². The summed E-state index contributed by atoms with van der Waals surface area (Å²) < 4.78 is 9.35. The van der Waals surface area contributed by atoms with Gasteiger partial charge in [0.25, 0.3) is 5.56 Å². The van der Waals surface area contributed by atoms with Gasteiger partial charge in [-0.1, -0.05) is 11.8 Å². The average Bonchev–Trinajstić information content (AvgIpc) is 2.43. The molecule has 7 nitrogen and oxygen atoms in total. The summed E-state index contributed by atoms with van der Waals surface area (Å²) in [6.45, 7) is 2.13. The molecule has 0 amide bonds. The van der Waals surface area contributed by atoms with E-state index in [-0.39, 0.29) is 17.9 Å². The first-order chi connectivity index (χ1) is 10.0. The fourth-order valence-corrected chi connectivity index (χ4v) is 2.32. The minimum atomic E-state index is -0.452. The first kappa shape index (κ1) is 17.2. The number of rotatable bonds is 8. The lowest BCUT2D eigenvalue weighted by atomic mass is 10.3. The molecule has 0 saturated carbocycles. The first-order valence-corrected chi connectivity index (χ1v) is 7.49. The van der Waals surface area contributed by atoms with E-state index in [0.717, 1.165) is 0 Å². The monoisotopic (exact) mass is 314 g/mol. The number of hydrogen-bond donors (Lipinski definition) is 1. The molecule has 0 aliphatic heterocycles. The minimum Gasteiger partial charge on any atom is -0.469 e. The van der Waals surface area contributed by atoms with Gasteiger partial charge in [0.2, 0.25) is 0 Å². The van der Waals surface area contributed by atoms with Crippen LogP contribution in [0.1, 0.15) is 25.5 Å². The SMILES string of the molecule is CCOC(=O)CCCSc1nc(CC(=O)OC)cc(=O)[nH]1. The first-order valence-electron chi connectivity index (χ1n) is 6.50. The molecule has 1 N–H and O–H groups in total. The molecule has 0 aliphatic rings. The van der Waals surface area contributed by atoms with Crippen molar-refractivity contribution in [1.29, 1.82) is 0 Å². The number of aromatic nitrogens is 2. The Balaban J connectivity index is 2.49. The van der Waals surface area contributed by atoms with Crippen LogP contribution in [-0.2, 0) is 25.5 Å². The molecule has 21 heavy (non-hydrogen) atoms. The van der Waals surface area contributed by atoms with Crippen LogP contribution in [0.15, 0.2) is 16.0 Å². The van der Waals surface area contributed by atoms with E-state index >= 15 is 0 Å². The number of nitrogens with one attached hydrogen (secondary N) is 1. The van der Waals surface area contributed by atoms with E-state index in [1.807, 2.05) is 0 Å². The van der Waals surface area contributed by atoms with Gasteiger partial charge in [-0.05, 0) is 13.3 Å². The van der Waals surface area contributed by atoms with Gasteiger partial charge < -0.3 is 14.5 Å². The largest absolute Gasteiger partial charge is 0.469 e. The highest BCUT2D eigenvalue weighted by molar-refractivity contribution is 7.99. The molecule has 8 heteroatoms. The van der Waals surface area contributed by atoms with Crippen LogP contribution in [0.3, 0.4) is 0 Å². The van der Waals surface area contributed by atoms with Crippen LogP contribution in [0.2, 0.25) is 0 Å². The number of methoxy groups -OCH3 is 1. The van der Waals surface area contributed by atoms with Gasteiger partial charge in [0, 0.05) is 18.2 Å². The molecule has 1 rings (SSSR count). The molecule has 0 bridgehead atoms. The maximum absolute atomic E-state index is 11.5. The summed E-state index contributed by atoms with van der Waals surface area (Å²) >= 11 is 1.32. The van der Waals surface area contributed by atoms with Crippen molar-refractivity contribution in [2.45, 2.75) is 31.3 Å². The van der Waals surface area contributed by atoms with E-state index in [1.54, 1.807) is 6.92 Å². The maximum Gasteiger partial charge on any atom is 0.311 e. The summed E-state index contributed by atoms with van der Waals surface area (Å²) in [5.74, 6) is -0.0750. The second-order valence-corrected chi connectivity index (χ2v) is 5.14. The van der Waals surface area contributed by atoms with Gasteiger partial charge in [0.1, 0.15) is 0 Å². The van der Waals surface area contributed by atoms with E-state index in [0.29, 0.717) is 36.1 Å². The highest BCUT2D eigenvalue weighted by atomic mass is 32.2. The molecule has 0 saturated heterocycles. The van der Waals surface area contributed by atoms with Crippen LogP contribution in [0.5, 0.6) is 0 Å². The summed E-state index contributed by atoms with van der Waals surface area (Å²) in [5.41, 5.74) is 0.0373. The molecule has 0 atom stereocenters. The van der Waals surface area contributed by atoms with Crippen molar-refractivity contribution in [3.63, 3.8) is 0 Å². The minimum absolute atomic E-state index is 0.0448. The van der Waals surface area contributed by atoms with Gasteiger partial charge in [-0.25, -0.2) is 4.98 Å². The molecular weight excluding hydrogens is 296 g/mol. The lowest BCUT2D eigenvalue weighted by Crippen LogP contribution is -2.14. The predicted molar refractivity (Wildman–Crippen MR) is 77.2 cm³/mol. The van der Waals surface area contributed by atoms with E-state index in [2.05, 4.69) is 14.7 Å². The van der Waals surface area contributed by atoms with E-state index in [1.165, 1.54) is 24.9 Å². The van der Waals surface area contributed by atoms with Gasteiger partial charge in [-0.15, -0.1) is 0 Å². The number of nitrogens with zero attached hydrogens (tertiary/aromatic N) is 1. The highest BCUT2D eigenvalue weighted by Crippen LogP contribution is 2.14. The molecule has 1 aromatic rings. The Labute approximate surface area is 126 Å². The van der Waals surface area contributed by atoms with Crippen molar-refractivity contribution < 1.29 is 19.1 Å². The van der Waals surface area contributed by atoms with Crippen molar-refractivity contribution in [3.05, 3.63) is 22.1 Å². The Morgan fingerprint density at radius 1 is 1.38 bits per heavy atom. The third kappa shape index (κ3) is 6.94. The molecule has 0 radical (unpaired) electrons. The number of H-pyrrole nitrogens is 1. The third-order valence-electron chi connectivity index (χ3n) is 2.40. The molecule has 1 heterocycles. The molecule has 0 unspecified atom stereocenters. The standard InChI is InChI=1S/C13H18N2O5S/c1-3-20-11(17)5-4-6-21-13-14-9(7-10(16)15-13)8-12(18)19-2/h7H,3-6,8H2,1-2H3,(H,14,15,16). The zero-order valence-electron chi connectivity index (χ0n) is 12.0. The van der Waals surface area contributed by atoms with Crippen LogP contribution in [0.4, 0.5) is 0 Å². The fourth-order valence-electron chi connectivity index (χ4n) is 1.48. The summed E-state index contributed by atoms with van der Waals surface area (Å²) in [6.07, 6.45) is 0.901. The summed E-state index contributed by atoms with van der Waals surface area (Å²) in [4.78, 5) is 40.5. The smallest absolute Gasteiger partial charge is 0.311 e. The Bertz CT molecular complexity index is 544. The van der Waals surface area contributed by atoms with Crippen molar-refractivity contribution in [2.24, 2.45) is 0 Å². The Kier molecular flexibility index (Phi) is 7.52. The van der Waals surface area contributed by atoms with Crippen LogP contribution in [-0.4, -0.2) is 41.4 Å². The molecule has 0 aliphatic carbocycles. The van der Waals surface area contributed by atoms with E-state index in [4.69, 9.17) is 4.74 Å². The van der Waals surface area contributed by atoms with Crippen LogP contribution in [0.25, 0.3) is 0 Å². The Morgan fingerprint density at radius 3 is 2.81 bits per heavy atom. The summed E-state index contributed by atoms with van der Waals surface area (Å²) in [5, 5.41) is 0.422. The third-order valence-corrected chi connectivity index (χ3v) is 3.36. The Morgan fingerprint density at radius 2 is 2.14 bits per heavy atom. The Hall–Kier alpha value is -1.83. The summed E-state index contributed by atoms with van der Waals surface area (Å²) in [7, 11) is 1.28. The predicted octanol–water partition coefficient (Wildman–Crippen LogP) is 0.921. The molecule has 0 aromatic carbocycles. The van der Waals surface area contributed by atoms with Gasteiger partial charge in [0.05, 0.1) is 25.8 Å². The lowest BCUT2D eigenvalue weighted by molar-refractivity contribution is -0.143. The number of carbonyl (C=O) groups excluding carboxylic acids is 2. The van der Waals surface area contributed by atoms with Crippen molar-refractivity contribution in [2.75, 3.05) is 19.5 Å². The van der Waals surface area contributed by atoms with Crippen molar-refractivity contribution in [1.82, 2.24) is 9.97 Å². The topological polar surface area (TPSA) is 98.3 Å². The zero-order valence-corrected chi connectivity index (χ0v) is 12.8. The second kappa shape index (κ2) is 9.17. The van der Waals surface area contributed by atoms with Crippen LogP contribution >= 0.6 is 11.8 Å². The van der Waals surface area contributed by atoms with E-state index < -0.39 is 5.97 Å². The van der Waals surface area contributed by atoms with Crippen LogP contribution in [0, 0.1) is 0 Å². The lowest BCUT2D eigenvalue weighted by Gasteiger charge is -2.04. The average molecular weight is 314 g/mol. The van der Waals surface area contributed by atoms with Gasteiger partial charge in [-0.2, -0.15) is 0 Å².